The predicted molar refractivity (Wildman–Crippen MR) is 93.9 cm³/mol. The van der Waals surface area contributed by atoms with Crippen molar-refractivity contribution in [2.75, 3.05) is 6.54 Å². The van der Waals surface area contributed by atoms with E-state index in [1.165, 1.54) is 21.7 Å². The maximum absolute atomic E-state index is 14.3. The van der Waals surface area contributed by atoms with E-state index in [0.29, 0.717) is 18.5 Å². The first-order chi connectivity index (χ1) is 12.8. The highest BCUT2D eigenvalue weighted by atomic mass is 19.2. The van der Waals surface area contributed by atoms with Crippen LogP contribution in [0.2, 0.25) is 0 Å². The van der Waals surface area contributed by atoms with Gasteiger partial charge in [0.25, 0.3) is 5.91 Å². The Morgan fingerprint density at radius 3 is 2.70 bits per heavy atom. The number of hydrogen-bond donors (Lipinski definition) is 1. The molecule has 0 fully saturated rings. The Labute approximate surface area is 155 Å². The minimum absolute atomic E-state index is 0.0335. The summed E-state index contributed by atoms with van der Waals surface area (Å²) < 4.78 is 29.2. The largest absolute Gasteiger partial charge is 0.481 e. The van der Waals surface area contributed by atoms with Gasteiger partial charge in [-0.25, -0.2) is 13.5 Å². The van der Waals surface area contributed by atoms with E-state index >= 15 is 0 Å². The van der Waals surface area contributed by atoms with Crippen LogP contribution in [-0.2, 0) is 17.6 Å². The summed E-state index contributed by atoms with van der Waals surface area (Å²) in [5.74, 6) is -3.38. The van der Waals surface area contributed by atoms with Gasteiger partial charge in [-0.2, -0.15) is 5.10 Å². The predicted octanol–water partition coefficient (Wildman–Crippen LogP) is 2.96. The molecule has 8 heteroatoms. The van der Waals surface area contributed by atoms with Crippen molar-refractivity contribution in [1.29, 1.82) is 0 Å². The third-order valence-electron chi connectivity index (χ3n) is 4.74. The number of rotatable bonds is 6. The number of carbonyl (C=O) groups is 2. The minimum atomic E-state index is -1.01. The first kappa shape index (κ1) is 19.0. The third-order valence-corrected chi connectivity index (χ3v) is 4.74. The Morgan fingerprint density at radius 1 is 1.30 bits per heavy atom. The highest BCUT2D eigenvalue weighted by molar-refractivity contribution is 5.94. The summed E-state index contributed by atoms with van der Waals surface area (Å²) in [7, 11) is 0. The number of halogens is 2. The number of aromatic nitrogens is 2. The van der Waals surface area contributed by atoms with Gasteiger partial charge in [-0.05, 0) is 45.2 Å². The fourth-order valence-corrected chi connectivity index (χ4v) is 3.41. The molecule has 1 amide bonds. The molecule has 1 heterocycles. The maximum atomic E-state index is 14.3. The summed E-state index contributed by atoms with van der Waals surface area (Å²) in [6.45, 7) is 3.65. The van der Waals surface area contributed by atoms with Gasteiger partial charge in [0.05, 0.1) is 6.42 Å². The van der Waals surface area contributed by atoms with Crippen molar-refractivity contribution in [3.63, 3.8) is 0 Å². The average molecular weight is 377 g/mol. The number of carbonyl (C=O) groups excluding carboxylic acids is 1. The standard InChI is InChI=1S/C19H21F2N3O3/c1-11(2)23(10-9-16(25)26)19(27)18-12-5-3-7-14(12)24(22-18)15-8-4-6-13(20)17(15)21/h4,6,8,11H,3,5,7,9-10H2,1-2H3,(H,25,26). The summed E-state index contributed by atoms with van der Waals surface area (Å²) >= 11 is 0. The van der Waals surface area contributed by atoms with Crippen molar-refractivity contribution < 1.29 is 23.5 Å². The second-order valence-corrected chi connectivity index (χ2v) is 6.85. The topological polar surface area (TPSA) is 75.4 Å². The molecule has 0 aliphatic heterocycles. The van der Waals surface area contributed by atoms with E-state index in [-0.39, 0.29) is 36.3 Å². The lowest BCUT2D eigenvalue weighted by atomic mass is 10.1. The molecule has 1 N–H and O–H groups in total. The zero-order chi connectivity index (χ0) is 19.7. The Bertz CT molecular complexity index is 893. The van der Waals surface area contributed by atoms with E-state index in [9.17, 15) is 18.4 Å². The van der Waals surface area contributed by atoms with Crippen LogP contribution in [0.15, 0.2) is 18.2 Å². The van der Waals surface area contributed by atoms with Crippen LogP contribution in [0.3, 0.4) is 0 Å². The number of amides is 1. The third kappa shape index (κ3) is 3.56. The van der Waals surface area contributed by atoms with Gasteiger partial charge in [0.15, 0.2) is 17.3 Å². The van der Waals surface area contributed by atoms with E-state index < -0.39 is 17.6 Å². The van der Waals surface area contributed by atoms with Crippen LogP contribution in [0.4, 0.5) is 8.78 Å². The van der Waals surface area contributed by atoms with Crippen LogP contribution in [0.5, 0.6) is 0 Å². The summed E-state index contributed by atoms with van der Waals surface area (Å²) in [6, 6.07) is 3.63. The van der Waals surface area contributed by atoms with Gasteiger partial charge in [-0.1, -0.05) is 6.07 Å². The second kappa shape index (κ2) is 7.46. The van der Waals surface area contributed by atoms with Gasteiger partial charge in [0.2, 0.25) is 0 Å². The smallest absolute Gasteiger partial charge is 0.305 e. The summed E-state index contributed by atoms with van der Waals surface area (Å²) in [5.41, 5.74) is 1.58. The lowest BCUT2D eigenvalue weighted by Crippen LogP contribution is -2.39. The molecule has 0 unspecified atom stereocenters. The van der Waals surface area contributed by atoms with Gasteiger partial charge < -0.3 is 10.0 Å². The van der Waals surface area contributed by atoms with Crippen molar-refractivity contribution in [2.45, 2.75) is 45.6 Å². The Balaban J connectivity index is 2.03. The van der Waals surface area contributed by atoms with Gasteiger partial charge in [-0.3, -0.25) is 9.59 Å². The molecule has 0 spiro atoms. The quantitative estimate of drug-likeness (QED) is 0.840. The lowest BCUT2D eigenvalue weighted by Gasteiger charge is -2.25. The van der Waals surface area contributed by atoms with Crippen LogP contribution < -0.4 is 0 Å². The van der Waals surface area contributed by atoms with Crippen molar-refractivity contribution in [1.82, 2.24) is 14.7 Å². The summed E-state index contributed by atoms with van der Waals surface area (Å²) in [5, 5.41) is 13.2. The normalized spacial score (nSPS) is 13.1. The fourth-order valence-electron chi connectivity index (χ4n) is 3.41. The molecule has 1 aliphatic rings. The average Bonchev–Trinajstić information content (AvgIpc) is 3.19. The number of fused-ring (bicyclic) bond motifs is 1. The first-order valence-electron chi connectivity index (χ1n) is 8.89. The number of carboxylic acids is 1. The highest BCUT2D eigenvalue weighted by Crippen LogP contribution is 2.30. The first-order valence-corrected chi connectivity index (χ1v) is 8.89. The molecule has 1 aromatic heterocycles. The van der Waals surface area contributed by atoms with Crippen molar-refractivity contribution in [3.05, 3.63) is 46.8 Å². The molecule has 144 valence electrons. The summed E-state index contributed by atoms with van der Waals surface area (Å²) in [6.07, 6.45) is 1.85. The highest BCUT2D eigenvalue weighted by Gasteiger charge is 2.31. The Kier molecular flexibility index (Phi) is 5.25. The van der Waals surface area contributed by atoms with Crippen LogP contribution in [0.25, 0.3) is 5.69 Å². The molecular weight excluding hydrogens is 356 g/mol. The molecule has 1 aliphatic carbocycles. The van der Waals surface area contributed by atoms with Gasteiger partial charge in [0, 0.05) is 23.8 Å². The number of benzene rings is 1. The van der Waals surface area contributed by atoms with Crippen LogP contribution in [0.1, 0.15) is 48.4 Å². The molecule has 1 aromatic carbocycles. The fraction of sp³-hybridized carbons (Fsp3) is 0.421. The molecule has 0 saturated heterocycles. The maximum Gasteiger partial charge on any atom is 0.305 e. The van der Waals surface area contributed by atoms with Gasteiger partial charge in [0.1, 0.15) is 5.69 Å². The zero-order valence-electron chi connectivity index (χ0n) is 15.2. The lowest BCUT2D eigenvalue weighted by molar-refractivity contribution is -0.137. The van der Waals surface area contributed by atoms with E-state index in [2.05, 4.69) is 5.10 Å². The monoisotopic (exact) mass is 377 g/mol. The van der Waals surface area contributed by atoms with E-state index in [1.54, 1.807) is 13.8 Å². The Hall–Kier alpha value is -2.77. The molecule has 0 bridgehead atoms. The zero-order valence-corrected chi connectivity index (χ0v) is 15.2. The Morgan fingerprint density at radius 2 is 2.04 bits per heavy atom. The van der Waals surface area contributed by atoms with Crippen LogP contribution >= 0.6 is 0 Å². The number of hydrogen-bond acceptors (Lipinski definition) is 3. The van der Waals surface area contributed by atoms with E-state index in [1.807, 2.05) is 0 Å². The van der Waals surface area contributed by atoms with Crippen LogP contribution in [0, 0.1) is 11.6 Å². The number of aliphatic carboxylic acids is 1. The summed E-state index contributed by atoms with van der Waals surface area (Å²) in [4.78, 5) is 25.4. The van der Waals surface area contributed by atoms with Gasteiger partial charge >= 0.3 is 5.97 Å². The van der Waals surface area contributed by atoms with Crippen molar-refractivity contribution >= 4 is 11.9 Å². The van der Waals surface area contributed by atoms with Crippen molar-refractivity contribution in [2.24, 2.45) is 0 Å². The number of nitrogens with zero attached hydrogens (tertiary/aromatic N) is 3. The van der Waals surface area contributed by atoms with Crippen LogP contribution in [-0.4, -0.2) is 44.3 Å². The molecule has 0 radical (unpaired) electrons. The molecule has 0 saturated carbocycles. The number of carboxylic acid groups (broad SMARTS) is 1. The van der Waals surface area contributed by atoms with Crippen molar-refractivity contribution in [3.8, 4) is 5.69 Å². The minimum Gasteiger partial charge on any atom is -0.481 e. The molecule has 2 aromatic rings. The SMILES string of the molecule is CC(C)N(CCC(=O)O)C(=O)c1nn(-c2cccc(F)c2F)c2c1CCC2. The van der Waals surface area contributed by atoms with Gasteiger partial charge in [-0.15, -0.1) is 0 Å². The second-order valence-electron chi connectivity index (χ2n) is 6.85. The molecular formula is C19H21F2N3O3. The molecule has 27 heavy (non-hydrogen) atoms. The van der Waals surface area contributed by atoms with E-state index in [0.717, 1.165) is 18.1 Å². The molecule has 3 rings (SSSR count). The van der Waals surface area contributed by atoms with E-state index in [4.69, 9.17) is 5.11 Å². The molecule has 0 atom stereocenters. The molecule has 6 nitrogen and oxygen atoms in total.